The Hall–Kier alpha value is -3.26. The number of tetrazole rings is 1. The quantitative estimate of drug-likeness (QED) is 0.607. The number of carbonyl (C=O) groups excluding carboxylic acids is 1. The minimum Gasteiger partial charge on any atom is -0.441 e. The molecule has 0 saturated heterocycles. The second kappa shape index (κ2) is 5.99. The number of hydrogen-bond donors (Lipinski definition) is 1. The molecule has 25 heavy (non-hydrogen) atoms. The molecule has 0 unspecified atom stereocenters. The zero-order valence-electron chi connectivity index (χ0n) is 13.0. The number of nitrogens with zero attached hydrogens (tertiary/aromatic N) is 5. The third-order valence-electron chi connectivity index (χ3n) is 3.55. The molecule has 0 aliphatic heterocycles. The monoisotopic (exact) mass is 354 g/mol. The SMILES string of the molecule is Cc1nc2cc(NC(=O)c3cc(Cl)ccc3-n3cnnn3)ccc2o1. The van der Waals surface area contributed by atoms with E-state index in [1.54, 1.807) is 43.3 Å². The fraction of sp³-hybridized carbons (Fsp3) is 0.0625. The van der Waals surface area contributed by atoms with Gasteiger partial charge in [-0.05, 0) is 46.8 Å². The number of carbonyl (C=O) groups is 1. The number of halogens is 1. The molecule has 0 aliphatic rings. The molecule has 8 nitrogen and oxygen atoms in total. The van der Waals surface area contributed by atoms with Crippen molar-refractivity contribution in [2.45, 2.75) is 6.92 Å². The van der Waals surface area contributed by atoms with Crippen LogP contribution in [0.2, 0.25) is 5.02 Å². The van der Waals surface area contributed by atoms with Crippen molar-refractivity contribution in [1.82, 2.24) is 25.2 Å². The van der Waals surface area contributed by atoms with Crippen LogP contribution in [0.3, 0.4) is 0 Å². The topological polar surface area (TPSA) is 98.7 Å². The third-order valence-corrected chi connectivity index (χ3v) is 3.79. The molecular weight excluding hydrogens is 344 g/mol. The summed E-state index contributed by atoms with van der Waals surface area (Å²) in [5.41, 5.74) is 2.78. The number of hydrogen-bond acceptors (Lipinski definition) is 6. The predicted molar refractivity (Wildman–Crippen MR) is 90.9 cm³/mol. The lowest BCUT2D eigenvalue weighted by molar-refractivity contribution is 0.102. The van der Waals surface area contributed by atoms with Gasteiger partial charge in [0.25, 0.3) is 5.91 Å². The molecule has 0 fully saturated rings. The minimum absolute atomic E-state index is 0.340. The molecule has 1 N–H and O–H groups in total. The van der Waals surface area contributed by atoms with Gasteiger partial charge in [0.15, 0.2) is 11.5 Å². The lowest BCUT2D eigenvalue weighted by Gasteiger charge is -2.10. The highest BCUT2D eigenvalue weighted by molar-refractivity contribution is 6.31. The van der Waals surface area contributed by atoms with Crippen molar-refractivity contribution < 1.29 is 9.21 Å². The maximum atomic E-state index is 12.7. The molecule has 0 bridgehead atoms. The number of nitrogens with one attached hydrogen (secondary N) is 1. The highest BCUT2D eigenvalue weighted by Crippen LogP contribution is 2.23. The summed E-state index contributed by atoms with van der Waals surface area (Å²) in [6, 6.07) is 10.1. The second-order valence-electron chi connectivity index (χ2n) is 5.29. The van der Waals surface area contributed by atoms with Crippen LogP contribution < -0.4 is 5.32 Å². The molecule has 2 aromatic carbocycles. The molecule has 0 aliphatic carbocycles. The molecule has 4 aromatic rings. The molecule has 0 atom stereocenters. The van der Waals surface area contributed by atoms with Crippen LogP contribution in [0, 0.1) is 6.92 Å². The molecular formula is C16H11ClN6O2. The Bertz CT molecular complexity index is 1070. The lowest BCUT2D eigenvalue weighted by atomic mass is 10.1. The van der Waals surface area contributed by atoms with Crippen LogP contribution in [-0.4, -0.2) is 31.1 Å². The predicted octanol–water partition coefficient (Wildman–Crippen LogP) is 3.02. The van der Waals surface area contributed by atoms with Crippen LogP contribution in [0.5, 0.6) is 0 Å². The van der Waals surface area contributed by atoms with E-state index in [0.29, 0.717) is 39.0 Å². The minimum atomic E-state index is -0.340. The van der Waals surface area contributed by atoms with Crippen LogP contribution in [0.15, 0.2) is 47.1 Å². The van der Waals surface area contributed by atoms with Gasteiger partial charge < -0.3 is 9.73 Å². The van der Waals surface area contributed by atoms with Gasteiger partial charge in [0, 0.05) is 17.6 Å². The number of amides is 1. The molecule has 1 amide bonds. The van der Waals surface area contributed by atoms with Crippen LogP contribution in [0.25, 0.3) is 16.8 Å². The van der Waals surface area contributed by atoms with Crippen molar-refractivity contribution in [3.05, 3.63) is 59.2 Å². The molecule has 0 radical (unpaired) electrons. The van der Waals surface area contributed by atoms with Gasteiger partial charge in [-0.15, -0.1) is 5.10 Å². The van der Waals surface area contributed by atoms with Gasteiger partial charge >= 0.3 is 0 Å². The zero-order chi connectivity index (χ0) is 17.4. The Morgan fingerprint density at radius 3 is 2.92 bits per heavy atom. The number of benzene rings is 2. The van der Waals surface area contributed by atoms with Crippen LogP contribution in [0.1, 0.15) is 16.2 Å². The molecule has 4 rings (SSSR count). The van der Waals surface area contributed by atoms with Crippen molar-refractivity contribution in [1.29, 1.82) is 0 Å². The summed E-state index contributed by atoms with van der Waals surface area (Å²) in [6.45, 7) is 1.77. The first-order chi connectivity index (χ1) is 12.1. The van der Waals surface area contributed by atoms with Crippen LogP contribution in [-0.2, 0) is 0 Å². The number of rotatable bonds is 3. The summed E-state index contributed by atoms with van der Waals surface area (Å²) >= 11 is 6.04. The fourth-order valence-electron chi connectivity index (χ4n) is 2.48. The fourth-order valence-corrected chi connectivity index (χ4v) is 2.65. The Balaban J connectivity index is 1.69. The number of anilines is 1. The van der Waals surface area contributed by atoms with Crippen LogP contribution in [0.4, 0.5) is 5.69 Å². The Labute approximate surface area is 146 Å². The summed E-state index contributed by atoms with van der Waals surface area (Å²) in [6.07, 6.45) is 1.41. The lowest BCUT2D eigenvalue weighted by Crippen LogP contribution is -2.15. The van der Waals surface area contributed by atoms with Gasteiger partial charge in [-0.2, -0.15) is 4.68 Å². The summed E-state index contributed by atoms with van der Waals surface area (Å²) in [5.74, 6) is 0.224. The third kappa shape index (κ3) is 2.94. The maximum Gasteiger partial charge on any atom is 0.257 e. The van der Waals surface area contributed by atoms with Gasteiger partial charge in [0.1, 0.15) is 11.8 Å². The van der Waals surface area contributed by atoms with E-state index in [1.165, 1.54) is 11.0 Å². The van der Waals surface area contributed by atoms with Crippen LogP contribution >= 0.6 is 11.6 Å². The smallest absolute Gasteiger partial charge is 0.257 e. The van der Waals surface area contributed by atoms with Crippen molar-refractivity contribution in [2.75, 3.05) is 5.32 Å². The summed E-state index contributed by atoms with van der Waals surface area (Å²) in [7, 11) is 0. The van der Waals surface area contributed by atoms with Gasteiger partial charge in [-0.25, -0.2) is 4.98 Å². The maximum absolute atomic E-state index is 12.7. The van der Waals surface area contributed by atoms with Gasteiger partial charge in [-0.3, -0.25) is 4.79 Å². The zero-order valence-corrected chi connectivity index (χ0v) is 13.7. The normalized spacial score (nSPS) is 11.0. The van der Waals surface area contributed by atoms with Crippen molar-refractivity contribution in [2.24, 2.45) is 0 Å². The van der Waals surface area contributed by atoms with E-state index in [4.69, 9.17) is 16.0 Å². The number of aryl methyl sites for hydroxylation is 1. The summed E-state index contributed by atoms with van der Waals surface area (Å²) in [4.78, 5) is 17.0. The van der Waals surface area contributed by atoms with E-state index in [0.717, 1.165) is 0 Å². The average Bonchev–Trinajstić information content (AvgIpc) is 3.23. The van der Waals surface area contributed by atoms with Crippen molar-refractivity contribution in [3.63, 3.8) is 0 Å². The summed E-state index contributed by atoms with van der Waals surface area (Å²) < 4.78 is 6.83. The van der Waals surface area contributed by atoms with Gasteiger partial charge in [0.05, 0.1) is 11.3 Å². The Morgan fingerprint density at radius 2 is 2.12 bits per heavy atom. The standard InChI is InChI=1S/C16H11ClN6O2/c1-9-19-13-7-11(3-5-15(13)25-9)20-16(24)12-6-10(17)2-4-14(12)23-8-18-21-22-23/h2-8H,1H3,(H,20,24). The largest absolute Gasteiger partial charge is 0.441 e. The molecule has 124 valence electrons. The number of fused-ring (bicyclic) bond motifs is 1. The molecule has 9 heteroatoms. The van der Waals surface area contributed by atoms with E-state index in [9.17, 15) is 4.79 Å². The van der Waals surface area contributed by atoms with E-state index >= 15 is 0 Å². The second-order valence-corrected chi connectivity index (χ2v) is 5.72. The molecule has 2 heterocycles. The van der Waals surface area contributed by atoms with Crippen molar-refractivity contribution >= 4 is 34.3 Å². The molecule has 2 aromatic heterocycles. The highest BCUT2D eigenvalue weighted by atomic mass is 35.5. The Morgan fingerprint density at radius 1 is 1.24 bits per heavy atom. The van der Waals surface area contributed by atoms with E-state index < -0.39 is 0 Å². The van der Waals surface area contributed by atoms with E-state index in [1.807, 2.05) is 0 Å². The first-order valence-corrected chi connectivity index (χ1v) is 7.69. The Kier molecular flexibility index (Phi) is 3.66. The van der Waals surface area contributed by atoms with E-state index in [-0.39, 0.29) is 5.91 Å². The molecule has 0 saturated carbocycles. The van der Waals surface area contributed by atoms with Gasteiger partial charge in [0.2, 0.25) is 0 Å². The first kappa shape index (κ1) is 15.3. The first-order valence-electron chi connectivity index (χ1n) is 7.31. The number of oxazole rings is 1. The molecule has 0 spiro atoms. The average molecular weight is 355 g/mol. The van der Waals surface area contributed by atoms with Crippen molar-refractivity contribution in [3.8, 4) is 5.69 Å². The summed E-state index contributed by atoms with van der Waals surface area (Å²) in [5, 5.41) is 14.3. The highest BCUT2D eigenvalue weighted by Gasteiger charge is 2.15. The van der Waals surface area contributed by atoms with Gasteiger partial charge in [-0.1, -0.05) is 11.6 Å². The number of aromatic nitrogens is 5. The van der Waals surface area contributed by atoms with E-state index in [2.05, 4.69) is 25.8 Å².